The number of benzene rings is 3. The van der Waals surface area contributed by atoms with Gasteiger partial charge in [0, 0.05) is 18.3 Å². The topological polar surface area (TPSA) is 111 Å². The molecule has 206 valence electrons. The average Bonchev–Trinajstić information content (AvgIpc) is 3.38. The largest absolute Gasteiger partial charge is 0.493 e. The number of anilines is 2. The molecular formula is C29H28N4O5S2. The van der Waals surface area contributed by atoms with Gasteiger partial charge < -0.3 is 14.4 Å². The van der Waals surface area contributed by atoms with Crippen molar-refractivity contribution in [2.75, 3.05) is 23.3 Å². The summed E-state index contributed by atoms with van der Waals surface area (Å²) in [5.74, 6) is 0.989. The number of aromatic nitrogens is 2. The molecular weight excluding hydrogens is 548 g/mol. The lowest BCUT2D eigenvalue weighted by molar-refractivity contribution is -0.114. The minimum atomic E-state index is -3.83. The second-order valence-corrected chi connectivity index (χ2v) is 12.0. The maximum atomic E-state index is 13.2. The number of sulfonamides is 1. The lowest BCUT2D eigenvalue weighted by atomic mass is 10.0. The van der Waals surface area contributed by atoms with E-state index in [-0.39, 0.29) is 15.9 Å². The van der Waals surface area contributed by atoms with E-state index >= 15 is 0 Å². The Bertz CT molecular complexity index is 1650. The highest BCUT2D eigenvalue weighted by Crippen LogP contribution is 2.32. The van der Waals surface area contributed by atoms with Crippen molar-refractivity contribution in [3.05, 3.63) is 94.5 Å². The average molecular weight is 577 g/mol. The summed E-state index contributed by atoms with van der Waals surface area (Å²) in [5, 5.41) is 8.56. The number of rotatable bonds is 9. The van der Waals surface area contributed by atoms with Crippen LogP contribution in [0, 0.1) is 6.92 Å². The summed E-state index contributed by atoms with van der Waals surface area (Å²) in [5.41, 5.74) is 3.34. The predicted molar refractivity (Wildman–Crippen MR) is 155 cm³/mol. The Labute approximate surface area is 237 Å². The molecule has 0 unspecified atom stereocenters. The fourth-order valence-corrected chi connectivity index (χ4v) is 6.25. The molecule has 40 heavy (non-hydrogen) atoms. The van der Waals surface area contributed by atoms with Crippen LogP contribution < -0.4 is 19.1 Å². The van der Waals surface area contributed by atoms with Crippen molar-refractivity contribution >= 4 is 44.2 Å². The van der Waals surface area contributed by atoms with Crippen LogP contribution in [-0.4, -0.2) is 38.2 Å². The summed E-state index contributed by atoms with van der Waals surface area (Å²) in [7, 11) is -2.25. The number of methoxy groups -OCH3 is 1. The van der Waals surface area contributed by atoms with Gasteiger partial charge in [-0.15, -0.1) is 10.2 Å². The summed E-state index contributed by atoms with van der Waals surface area (Å²) >= 11 is 1.16. The molecule has 3 aromatic carbocycles. The van der Waals surface area contributed by atoms with E-state index in [9.17, 15) is 13.2 Å². The molecule has 11 heteroatoms. The first-order chi connectivity index (χ1) is 19.3. The smallest absolute Gasteiger partial charge is 0.263 e. The SMILES string of the molecule is COc1cc(/C=C/C(=O)N2CCCc3cc(S(=O)(=O)Nc4nnc(C)s4)ccc32)ccc1OCc1ccccc1. The molecule has 0 saturated heterocycles. The van der Waals surface area contributed by atoms with Crippen LogP contribution in [-0.2, 0) is 27.8 Å². The summed E-state index contributed by atoms with van der Waals surface area (Å²) < 4.78 is 39.7. The second kappa shape index (κ2) is 11.9. The number of nitrogens with one attached hydrogen (secondary N) is 1. The Morgan fingerprint density at radius 3 is 2.65 bits per heavy atom. The van der Waals surface area contributed by atoms with Crippen molar-refractivity contribution in [1.29, 1.82) is 0 Å². The first-order valence-corrected chi connectivity index (χ1v) is 14.9. The van der Waals surface area contributed by atoms with Crippen LogP contribution in [0.2, 0.25) is 0 Å². The summed E-state index contributed by atoms with van der Waals surface area (Å²) in [6, 6.07) is 20.2. The van der Waals surface area contributed by atoms with Gasteiger partial charge in [-0.1, -0.05) is 47.7 Å². The van der Waals surface area contributed by atoms with Gasteiger partial charge in [0.05, 0.1) is 12.0 Å². The molecule has 0 atom stereocenters. The number of hydrogen-bond donors (Lipinski definition) is 1. The van der Waals surface area contributed by atoms with Crippen molar-refractivity contribution in [3.8, 4) is 11.5 Å². The number of nitrogens with zero attached hydrogens (tertiary/aromatic N) is 3. The molecule has 0 spiro atoms. The zero-order chi connectivity index (χ0) is 28.1. The highest BCUT2D eigenvalue weighted by Gasteiger charge is 2.24. The lowest BCUT2D eigenvalue weighted by Gasteiger charge is -2.29. The van der Waals surface area contributed by atoms with E-state index in [2.05, 4.69) is 14.9 Å². The molecule has 0 aliphatic carbocycles. The van der Waals surface area contributed by atoms with Crippen molar-refractivity contribution in [2.45, 2.75) is 31.3 Å². The number of fused-ring (bicyclic) bond motifs is 1. The normalized spacial score (nSPS) is 13.2. The molecule has 1 aliphatic heterocycles. The number of carbonyl (C=O) groups is 1. The first kappa shape index (κ1) is 27.4. The third-order valence-electron chi connectivity index (χ3n) is 6.34. The van der Waals surface area contributed by atoms with E-state index in [0.717, 1.165) is 34.4 Å². The molecule has 2 heterocycles. The van der Waals surface area contributed by atoms with Crippen LogP contribution in [0.25, 0.3) is 6.08 Å². The highest BCUT2D eigenvalue weighted by molar-refractivity contribution is 7.93. The molecule has 0 fully saturated rings. The third-order valence-corrected chi connectivity index (χ3v) is 8.56. The Kier molecular flexibility index (Phi) is 8.13. The molecule has 0 saturated carbocycles. The van der Waals surface area contributed by atoms with Crippen LogP contribution >= 0.6 is 11.3 Å². The molecule has 0 radical (unpaired) electrons. The highest BCUT2D eigenvalue weighted by atomic mass is 32.2. The summed E-state index contributed by atoms with van der Waals surface area (Å²) in [6.07, 6.45) is 4.64. The standard InChI is InChI=1S/C29H28N4O5S2/c1-20-30-31-29(39-20)32-40(35,36)24-12-13-25-23(18-24)9-6-16-33(25)28(34)15-11-21-10-14-26(27(17-21)37-2)38-19-22-7-4-3-5-8-22/h3-5,7-8,10-15,17-18H,6,9,16,19H2,1-2H3,(H,31,32)/b15-11+. The molecule has 9 nitrogen and oxygen atoms in total. The van der Waals surface area contributed by atoms with Crippen LogP contribution in [0.3, 0.4) is 0 Å². The van der Waals surface area contributed by atoms with Gasteiger partial charge in [0.1, 0.15) is 11.6 Å². The Morgan fingerprint density at radius 1 is 1.07 bits per heavy atom. The molecule has 0 bridgehead atoms. The fourth-order valence-electron chi connectivity index (χ4n) is 4.38. The van der Waals surface area contributed by atoms with Crippen LogP contribution in [0.1, 0.15) is 28.1 Å². The summed E-state index contributed by atoms with van der Waals surface area (Å²) in [4.78, 5) is 15.0. The fraction of sp³-hybridized carbons (Fsp3) is 0.207. The zero-order valence-corrected chi connectivity index (χ0v) is 23.7. The summed E-state index contributed by atoms with van der Waals surface area (Å²) in [6.45, 7) is 2.71. The van der Waals surface area contributed by atoms with Crippen molar-refractivity contribution in [2.24, 2.45) is 0 Å². The maximum Gasteiger partial charge on any atom is 0.263 e. The van der Waals surface area contributed by atoms with Gasteiger partial charge in [0.25, 0.3) is 15.9 Å². The van der Waals surface area contributed by atoms with Crippen molar-refractivity contribution in [1.82, 2.24) is 10.2 Å². The molecule has 5 rings (SSSR count). The number of aryl methyl sites for hydroxylation is 2. The zero-order valence-electron chi connectivity index (χ0n) is 22.0. The van der Waals surface area contributed by atoms with Crippen molar-refractivity contribution < 1.29 is 22.7 Å². The Hall–Kier alpha value is -4.22. The molecule has 1 aromatic heterocycles. The lowest BCUT2D eigenvalue weighted by Crippen LogP contribution is -2.34. The van der Waals surface area contributed by atoms with E-state index < -0.39 is 10.0 Å². The Balaban J connectivity index is 1.28. The monoisotopic (exact) mass is 576 g/mol. The molecule has 1 N–H and O–H groups in total. The van der Waals surface area contributed by atoms with E-state index in [1.54, 1.807) is 37.1 Å². The number of ether oxygens (including phenoxy) is 2. The first-order valence-electron chi connectivity index (χ1n) is 12.6. The minimum absolute atomic E-state index is 0.116. The molecule has 1 amide bonds. The number of carbonyl (C=O) groups excluding carboxylic acids is 1. The van der Waals surface area contributed by atoms with Crippen LogP contribution in [0.4, 0.5) is 10.8 Å². The second-order valence-electron chi connectivity index (χ2n) is 9.13. The predicted octanol–water partition coefficient (Wildman–Crippen LogP) is 5.23. The van der Waals surface area contributed by atoms with Crippen LogP contribution in [0.15, 0.2) is 77.7 Å². The van der Waals surface area contributed by atoms with Gasteiger partial charge in [-0.25, -0.2) is 8.42 Å². The number of amides is 1. The number of hydrogen-bond acceptors (Lipinski definition) is 8. The van der Waals surface area contributed by atoms with Gasteiger partial charge in [-0.3, -0.25) is 9.52 Å². The van der Waals surface area contributed by atoms with Crippen molar-refractivity contribution in [3.63, 3.8) is 0 Å². The van der Waals surface area contributed by atoms with E-state index in [0.29, 0.717) is 41.8 Å². The van der Waals surface area contributed by atoms with Gasteiger partial charge in [0.15, 0.2) is 11.5 Å². The van der Waals surface area contributed by atoms with Gasteiger partial charge in [0.2, 0.25) is 5.13 Å². The minimum Gasteiger partial charge on any atom is -0.493 e. The van der Waals surface area contributed by atoms with E-state index in [1.807, 2.05) is 48.5 Å². The van der Waals surface area contributed by atoms with E-state index in [1.165, 1.54) is 12.1 Å². The Morgan fingerprint density at radius 2 is 1.90 bits per heavy atom. The van der Waals surface area contributed by atoms with Gasteiger partial charge >= 0.3 is 0 Å². The third kappa shape index (κ3) is 6.32. The van der Waals surface area contributed by atoms with Crippen LogP contribution in [0.5, 0.6) is 11.5 Å². The molecule has 1 aliphatic rings. The van der Waals surface area contributed by atoms with Gasteiger partial charge in [-0.2, -0.15) is 0 Å². The van der Waals surface area contributed by atoms with Gasteiger partial charge in [-0.05, 0) is 72.9 Å². The maximum absolute atomic E-state index is 13.2. The molecule has 4 aromatic rings. The van der Waals surface area contributed by atoms with E-state index in [4.69, 9.17) is 9.47 Å². The quantitative estimate of drug-likeness (QED) is 0.272.